The molecule has 0 aliphatic rings. The van der Waals surface area contributed by atoms with Crippen molar-refractivity contribution < 1.29 is 14.3 Å². The molecule has 0 fully saturated rings. The van der Waals surface area contributed by atoms with Gasteiger partial charge in [-0.1, -0.05) is 25.4 Å². The zero-order valence-electron chi connectivity index (χ0n) is 10.5. The fourth-order valence-electron chi connectivity index (χ4n) is 1.64. The smallest absolute Gasteiger partial charge is 0.251 e. The summed E-state index contributed by atoms with van der Waals surface area (Å²) in [6.07, 6.45) is 1.20. The molecule has 2 N–H and O–H groups in total. The van der Waals surface area contributed by atoms with Crippen molar-refractivity contribution >= 4 is 17.5 Å². The van der Waals surface area contributed by atoms with Gasteiger partial charge in [0.1, 0.15) is 5.82 Å². The van der Waals surface area contributed by atoms with Gasteiger partial charge in [-0.3, -0.25) is 4.79 Å². The third kappa shape index (κ3) is 3.21. The van der Waals surface area contributed by atoms with Crippen LogP contribution in [0.3, 0.4) is 0 Å². The molecule has 0 atom stereocenters. The Morgan fingerprint density at radius 1 is 1.44 bits per heavy atom. The minimum Gasteiger partial charge on any atom is -0.394 e. The van der Waals surface area contributed by atoms with Crippen LogP contribution in [-0.2, 0) is 0 Å². The molecule has 1 aromatic carbocycles. The number of carbonyl (C=O) groups is 1. The first-order valence-corrected chi connectivity index (χ1v) is 6.24. The van der Waals surface area contributed by atoms with E-state index in [2.05, 4.69) is 5.32 Å². The molecule has 18 heavy (non-hydrogen) atoms. The number of halogens is 2. The van der Waals surface area contributed by atoms with Crippen LogP contribution in [0.4, 0.5) is 4.39 Å². The SMILES string of the molecule is CCC(CC)(CO)NC(=O)c1ccc(Cl)c(F)c1. The van der Waals surface area contributed by atoms with Crippen molar-refractivity contribution in [1.82, 2.24) is 5.32 Å². The largest absolute Gasteiger partial charge is 0.394 e. The van der Waals surface area contributed by atoms with Crippen molar-refractivity contribution in [3.63, 3.8) is 0 Å². The summed E-state index contributed by atoms with van der Waals surface area (Å²) >= 11 is 5.55. The highest BCUT2D eigenvalue weighted by molar-refractivity contribution is 6.30. The monoisotopic (exact) mass is 273 g/mol. The normalized spacial score (nSPS) is 11.4. The van der Waals surface area contributed by atoms with Gasteiger partial charge < -0.3 is 10.4 Å². The molecule has 1 rings (SSSR count). The lowest BCUT2D eigenvalue weighted by Gasteiger charge is -2.30. The number of amides is 1. The van der Waals surface area contributed by atoms with Crippen LogP contribution >= 0.6 is 11.6 Å². The molecular formula is C13H17ClFNO2. The lowest BCUT2D eigenvalue weighted by Crippen LogP contribution is -2.50. The third-order valence-electron chi connectivity index (χ3n) is 3.22. The van der Waals surface area contributed by atoms with Crippen molar-refractivity contribution in [3.8, 4) is 0 Å². The number of benzene rings is 1. The zero-order chi connectivity index (χ0) is 13.8. The third-order valence-corrected chi connectivity index (χ3v) is 3.52. The van der Waals surface area contributed by atoms with Gasteiger partial charge in [0.2, 0.25) is 0 Å². The molecule has 0 aliphatic carbocycles. The van der Waals surface area contributed by atoms with E-state index >= 15 is 0 Å². The Morgan fingerprint density at radius 3 is 2.50 bits per heavy atom. The molecule has 5 heteroatoms. The summed E-state index contributed by atoms with van der Waals surface area (Å²) in [7, 11) is 0. The van der Waals surface area contributed by atoms with Crippen LogP contribution in [0, 0.1) is 5.82 Å². The summed E-state index contributed by atoms with van der Waals surface area (Å²) < 4.78 is 13.3. The topological polar surface area (TPSA) is 49.3 Å². The van der Waals surface area contributed by atoms with Crippen LogP contribution in [0.15, 0.2) is 18.2 Å². The Balaban J connectivity index is 2.90. The second kappa shape index (κ2) is 6.16. The van der Waals surface area contributed by atoms with E-state index in [1.807, 2.05) is 13.8 Å². The van der Waals surface area contributed by atoms with Gasteiger partial charge >= 0.3 is 0 Å². The molecule has 0 unspecified atom stereocenters. The van der Waals surface area contributed by atoms with Crippen LogP contribution in [0.2, 0.25) is 5.02 Å². The summed E-state index contributed by atoms with van der Waals surface area (Å²) in [6.45, 7) is 3.60. The highest BCUT2D eigenvalue weighted by atomic mass is 35.5. The van der Waals surface area contributed by atoms with Crippen molar-refractivity contribution in [2.24, 2.45) is 0 Å². The van der Waals surface area contributed by atoms with Crippen LogP contribution in [0.25, 0.3) is 0 Å². The van der Waals surface area contributed by atoms with Gasteiger partial charge in [0.25, 0.3) is 5.91 Å². The number of nitrogens with one attached hydrogen (secondary N) is 1. The highest BCUT2D eigenvalue weighted by Crippen LogP contribution is 2.18. The minimum atomic E-state index is -0.660. The number of rotatable bonds is 5. The Bertz CT molecular complexity index is 425. The fraction of sp³-hybridized carbons (Fsp3) is 0.462. The van der Waals surface area contributed by atoms with Crippen molar-refractivity contribution in [1.29, 1.82) is 0 Å². The van der Waals surface area contributed by atoms with Gasteiger partial charge in [0.05, 0.1) is 17.2 Å². The molecule has 100 valence electrons. The molecule has 0 aromatic heterocycles. The first-order valence-electron chi connectivity index (χ1n) is 5.86. The second-order valence-electron chi connectivity index (χ2n) is 4.23. The van der Waals surface area contributed by atoms with E-state index in [9.17, 15) is 14.3 Å². The van der Waals surface area contributed by atoms with Crippen molar-refractivity contribution in [2.45, 2.75) is 32.2 Å². The maximum atomic E-state index is 13.3. The molecule has 0 aliphatic heterocycles. The first kappa shape index (κ1) is 14.9. The number of aliphatic hydroxyl groups is 1. The maximum Gasteiger partial charge on any atom is 0.251 e. The summed E-state index contributed by atoms with van der Waals surface area (Å²) in [5, 5.41) is 12.1. The molecule has 0 heterocycles. The minimum absolute atomic E-state index is 0.0223. The summed E-state index contributed by atoms with van der Waals surface area (Å²) in [6, 6.07) is 3.88. The quantitative estimate of drug-likeness (QED) is 0.867. The summed E-state index contributed by atoms with van der Waals surface area (Å²) in [4.78, 5) is 12.0. The predicted molar refractivity (Wildman–Crippen MR) is 69.3 cm³/mol. The van der Waals surface area contributed by atoms with Gasteiger partial charge in [0.15, 0.2) is 0 Å². The first-order chi connectivity index (χ1) is 8.48. The molecule has 0 spiro atoms. The Hall–Kier alpha value is -1.13. The van der Waals surface area contributed by atoms with E-state index < -0.39 is 17.3 Å². The molecule has 0 saturated heterocycles. The highest BCUT2D eigenvalue weighted by Gasteiger charge is 2.27. The predicted octanol–water partition coefficient (Wildman–Crippen LogP) is 2.76. The number of hydrogen-bond donors (Lipinski definition) is 2. The average Bonchev–Trinajstić information content (AvgIpc) is 2.39. The van der Waals surface area contributed by atoms with Gasteiger partial charge in [-0.15, -0.1) is 0 Å². The van der Waals surface area contributed by atoms with Gasteiger partial charge in [-0.2, -0.15) is 0 Å². The molecule has 0 bridgehead atoms. The lowest BCUT2D eigenvalue weighted by atomic mass is 9.93. The van der Waals surface area contributed by atoms with Gasteiger partial charge in [-0.25, -0.2) is 4.39 Å². The van der Waals surface area contributed by atoms with E-state index in [1.165, 1.54) is 12.1 Å². The molecule has 1 aromatic rings. The Kier molecular flexibility index (Phi) is 5.11. The molecule has 1 amide bonds. The van der Waals surface area contributed by atoms with Crippen molar-refractivity contribution in [3.05, 3.63) is 34.6 Å². The van der Waals surface area contributed by atoms with E-state index in [0.717, 1.165) is 6.07 Å². The molecule has 0 radical (unpaired) electrons. The van der Waals surface area contributed by atoms with Crippen LogP contribution in [0.1, 0.15) is 37.0 Å². The summed E-state index contributed by atoms with van der Waals surface area (Å²) in [5.74, 6) is -1.05. The zero-order valence-corrected chi connectivity index (χ0v) is 11.2. The Morgan fingerprint density at radius 2 is 2.06 bits per heavy atom. The van der Waals surface area contributed by atoms with E-state index in [1.54, 1.807) is 0 Å². The Labute approximate surface area is 111 Å². The number of hydrogen-bond acceptors (Lipinski definition) is 2. The van der Waals surface area contributed by atoms with E-state index in [0.29, 0.717) is 12.8 Å². The standard InChI is InChI=1S/C13H17ClFNO2/c1-3-13(4-2,8-17)16-12(18)9-5-6-10(14)11(15)7-9/h5-7,17H,3-4,8H2,1-2H3,(H,16,18). The fourth-order valence-corrected chi connectivity index (χ4v) is 1.76. The van der Waals surface area contributed by atoms with Gasteiger partial charge in [0, 0.05) is 5.56 Å². The van der Waals surface area contributed by atoms with Crippen LogP contribution in [0.5, 0.6) is 0 Å². The molecule has 3 nitrogen and oxygen atoms in total. The second-order valence-corrected chi connectivity index (χ2v) is 4.64. The van der Waals surface area contributed by atoms with Crippen LogP contribution in [-0.4, -0.2) is 23.2 Å². The van der Waals surface area contributed by atoms with Gasteiger partial charge in [-0.05, 0) is 31.0 Å². The lowest BCUT2D eigenvalue weighted by molar-refractivity contribution is 0.0817. The number of carbonyl (C=O) groups excluding carboxylic acids is 1. The molecular weight excluding hydrogens is 257 g/mol. The van der Waals surface area contributed by atoms with E-state index in [4.69, 9.17) is 11.6 Å². The number of aliphatic hydroxyl groups excluding tert-OH is 1. The van der Waals surface area contributed by atoms with Crippen LogP contribution < -0.4 is 5.32 Å². The van der Waals surface area contributed by atoms with E-state index in [-0.39, 0.29) is 17.2 Å². The summed E-state index contributed by atoms with van der Waals surface area (Å²) in [5.41, 5.74) is -0.468. The maximum absolute atomic E-state index is 13.3. The average molecular weight is 274 g/mol. The molecule has 0 saturated carbocycles. The van der Waals surface area contributed by atoms with Crippen molar-refractivity contribution in [2.75, 3.05) is 6.61 Å².